The van der Waals surface area contributed by atoms with Gasteiger partial charge in [0.25, 0.3) is 5.69 Å². The van der Waals surface area contributed by atoms with Gasteiger partial charge in [0.1, 0.15) is 0 Å². The van der Waals surface area contributed by atoms with Gasteiger partial charge in [-0.25, -0.2) is 9.59 Å². The van der Waals surface area contributed by atoms with Crippen LogP contribution in [0.4, 0.5) is 5.69 Å². The maximum atomic E-state index is 13.2. The van der Waals surface area contributed by atoms with Crippen molar-refractivity contribution in [2.24, 2.45) is 34.5 Å². The number of esters is 1. The SMILES string of the molecule is CC1CC2C3CCC4=CC(=O)C=CC4(C)C3CCC2(C)C1(OC(=O)c1ccc([N+](=O)[O-])cc1)C(=O)O. The number of ether oxygens (including phenoxy) is 1. The predicted octanol–water partition coefficient (Wildman–Crippen LogP) is 5.13. The number of carbonyl (C=O) groups excluding carboxylic acids is 2. The molecule has 0 heterocycles. The van der Waals surface area contributed by atoms with Crippen molar-refractivity contribution in [2.45, 2.75) is 58.5 Å². The minimum absolute atomic E-state index is 0.0270. The van der Waals surface area contributed by atoms with Gasteiger partial charge in [-0.05, 0) is 74.1 Å². The number of carboxylic acids is 1. The lowest BCUT2D eigenvalue weighted by molar-refractivity contribution is -0.384. The molecule has 4 aliphatic carbocycles. The van der Waals surface area contributed by atoms with Gasteiger partial charge in [-0.2, -0.15) is 0 Å². The summed E-state index contributed by atoms with van der Waals surface area (Å²) in [7, 11) is 0. The summed E-state index contributed by atoms with van der Waals surface area (Å²) in [4.78, 5) is 48.6. The van der Waals surface area contributed by atoms with Crippen LogP contribution < -0.4 is 0 Å². The highest BCUT2D eigenvalue weighted by atomic mass is 16.6. The van der Waals surface area contributed by atoms with Gasteiger partial charge in [-0.3, -0.25) is 14.9 Å². The van der Waals surface area contributed by atoms with Crippen molar-refractivity contribution in [2.75, 3.05) is 0 Å². The minimum atomic E-state index is -1.70. The summed E-state index contributed by atoms with van der Waals surface area (Å²) in [5, 5.41) is 21.6. The van der Waals surface area contributed by atoms with E-state index in [2.05, 4.69) is 6.92 Å². The quantitative estimate of drug-likeness (QED) is 0.350. The summed E-state index contributed by atoms with van der Waals surface area (Å²) in [6.07, 6.45) is 9.16. The van der Waals surface area contributed by atoms with Crippen LogP contribution in [-0.4, -0.2) is 33.4 Å². The first-order valence-corrected chi connectivity index (χ1v) is 12.6. The fourth-order valence-corrected chi connectivity index (χ4v) is 8.16. The molecule has 190 valence electrons. The molecule has 1 aromatic carbocycles. The van der Waals surface area contributed by atoms with Gasteiger partial charge >= 0.3 is 11.9 Å². The Balaban J connectivity index is 1.48. The number of nitro groups is 1. The molecule has 0 amide bonds. The van der Waals surface area contributed by atoms with Crippen LogP contribution in [0.1, 0.15) is 63.2 Å². The first-order valence-electron chi connectivity index (χ1n) is 12.6. The molecule has 0 saturated heterocycles. The number of carbonyl (C=O) groups is 3. The van der Waals surface area contributed by atoms with Gasteiger partial charge < -0.3 is 9.84 Å². The molecule has 3 fully saturated rings. The number of aliphatic carboxylic acids is 1. The molecule has 1 N–H and O–H groups in total. The second-order valence-corrected chi connectivity index (χ2v) is 11.4. The van der Waals surface area contributed by atoms with Crippen LogP contribution in [0.25, 0.3) is 0 Å². The van der Waals surface area contributed by atoms with Gasteiger partial charge in [0.2, 0.25) is 5.60 Å². The number of ketones is 1. The molecule has 0 bridgehead atoms. The molecule has 36 heavy (non-hydrogen) atoms. The Bertz CT molecular complexity index is 1220. The minimum Gasteiger partial charge on any atom is -0.478 e. The van der Waals surface area contributed by atoms with Crippen molar-refractivity contribution in [1.82, 2.24) is 0 Å². The highest BCUT2D eigenvalue weighted by molar-refractivity contribution is 6.01. The van der Waals surface area contributed by atoms with E-state index in [1.54, 1.807) is 12.2 Å². The number of nitro benzene ring substituents is 1. The zero-order chi connectivity index (χ0) is 26.0. The number of hydrogen-bond donors (Lipinski definition) is 1. The number of hydrogen-bond acceptors (Lipinski definition) is 6. The third kappa shape index (κ3) is 3.22. The Labute approximate surface area is 209 Å². The Morgan fingerprint density at radius 3 is 2.47 bits per heavy atom. The average Bonchev–Trinajstić information content (AvgIpc) is 3.06. The lowest BCUT2D eigenvalue weighted by Crippen LogP contribution is -2.60. The number of carboxylic acid groups (broad SMARTS) is 1. The van der Waals surface area contributed by atoms with Crippen molar-refractivity contribution in [1.29, 1.82) is 0 Å². The van der Waals surface area contributed by atoms with E-state index in [-0.39, 0.29) is 34.3 Å². The maximum absolute atomic E-state index is 13.2. The molecule has 0 aromatic heterocycles. The summed E-state index contributed by atoms with van der Waals surface area (Å²) in [6.45, 7) is 6.01. The Kier molecular flexibility index (Phi) is 5.50. The summed E-state index contributed by atoms with van der Waals surface area (Å²) in [5.41, 5.74) is -1.58. The third-order valence-electron chi connectivity index (χ3n) is 9.98. The third-order valence-corrected chi connectivity index (χ3v) is 9.98. The normalized spacial score (nSPS) is 38.9. The van der Waals surface area contributed by atoms with Crippen LogP contribution in [0.5, 0.6) is 0 Å². The first kappa shape index (κ1) is 24.4. The lowest BCUT2D eigenvalue weighted by atomic mass is 9.47. The molecule has 0 aliphatic heterocycles. The average molecular weight is 494 g/mol. The standard InChI is InChI=1S/C28H31NO7/c1-16-14-23-21-9-6-18-15-20(30)10-12-26(18,2)22(21)11-13-27(23,3)28(16,25(32)33)36-24(31)17-4-7-19(8-5-17)29(34)35/h4-5,7-8,10,12,15-16,21-23H,6,9,11,13-14H2,1-3H3,(H,32,33). The monoisotopic (exact) mass is 493 g/mol. The number of fused-ring (bicyclic) bond motifs is 5. The number of nitrogens with zero attached hydrogens (tertiary/aromatic N) is 1. The molecule has 0 spiro atoms. The molecule has 7 atom stereocenters. The summed E-state index contributed by atoms with van der Waals surface area (Å²) < 4.78 is 5.98. The molecule has 8 heteroatoms. The van der Waals surface area contributed by atoms with Crippen LogP contribution in [0.2, 0.25) is 0 Å². The number of non-ortho nitro benzene ring substituents is 1. The molecule has 8 nitrogen and oxygen atoms in total. The molecule has 0 radical (unpaired) electrons. The molecule has 4 aliphatic rings. The van der Waals surface area contributed by atoms with Crippen molar-refractivity contribution in [3.63, 3.8) is 0 Å². The van der Waals surface area contributed by atoms with Gasteiger partial charge in [0, 0.05) is 28.9 Å². The van der Waals surface area contributed by atoms with E-state index in [0.29, 0.717) is 18.8 Å². The van der Waals surface area contributed by atoms with E-state index in [9.17, 15) is 29.6 Å². The van der Waals surface area contributed by atoms with Crippen LogP contribution in [0, 0.1) is 44.6 Å². The van der Waals surface area contributed by atoms with E-state index in [1.165, 1.54) is 29.8 Å². The fraction of sp³-hybridized carbons (Fsp3) is 0.536. The Morgan fingerprint density at radius 1 is 1.14 bits per heavy atom. The zero-order valence-corrected chi connectivity index (χ0v) is 20.7. The fourth-order valence-electron chi connectivity index (χ4n) is 8.16. The highest BCUT2D eigenvalue weighted by Gasteiger charge is 2.72. The predicted molar refractivity (Wildman–Crippen MR) is 130 cm³/mol. The first-order chi connectivity index (χ1) is 16.9. The Morgan fingerprint density at radius 2 is 1.83 bits per heavy atom. The number of allylic oxidation sites excluding steroid dienone is 4. The smallest absolute Gasteiger partial charge is 0.349 e. The summed E-state index contributed by atoms with van der Waals surface area (Å²) in [6, 6.07) is 5.04. The maximum Gasteiger partial charge on any atom is 0.349 e. The topological polar surface area (TPSA) is 124 Å². The zero-order valence-electron chi connectivity index (χ0n) is 20.7. The van der Waals surface area contributed by atoms with Gasteiger partial charge in [0.15, 0.2) is 5.78 Å². The number of benzene rings is 1. The molecular formula is C28H31NO7. The van der Waals surface area contributed by atoms with Crippen molar-refractivity contribution in [3.8, 4) is 0 Å². The van der Waals surface area contributed by atoms with Gasteiger partial charge in [-0.15, -0.1) is 0 Å². The summed E-state index contributed by atoms with van der Waals surface area (Å²) >= 11 is 0. The molecule has 3 saturated carbocycles. The van der Waals surface area contributed by atoms with E-state index >= 15 is 0 Å². The second kappa shape index (κ2) is 8.11. The van der Waals surface area contributed by atoms with Crippen molar-refractivity contribution >= 4 is 23.4 Å². The van der Waals surface area contributed by atoms with Crippen LogP contribution in [0.15, 0.2) is 48.1 Å². The van der Waals surface area contributed by atoms with E-state index in [1.807, 2.05) is 19.9 Å². The molecular weight excluding hydrogens is 462 g/mol. The summed E-state index contributed by atoms with van der Waals surface area (Å²) in [5.74, 6) is -1.70. The Hall–Kier alpha value is -3.29. The van der Waals surface area contributed by atoms with Crippen molar-refractivity contribution in [3.05, 3.63) is 63.7 Å². The van der Waals surface area contributed by atoms with E-state index in [4.69, 9.17) is 4.74 Å². The van der Waals surface area contributed by atoms with E-state index < -0.39 is 33.8 Å². The van der Waals surface area contributed by atoms with Crippen LogP contribution >= 0.6 is 0 Å². The lowest BCUT2D eigenvalue weighted by Gasteiger charge is -2.57. The molecule has 7 unspecified atom stereocenters. The van der Waals surface area contributed by atoms with Crippen LogP contribution in [0.3, 0.4) is 0 Å². The van der Waals surface area contributed by atoms with Crippen LogP contribution in [-0.2, 0) is 14.3 Å². The highest BCUT2D eigenvalue weighted by Crippen LogP contribution is 2.69. The number of rotatable bonds is 4. The van der Waals surface area contributed by atoms with Crippen molar-refractivity contribution < 1.29 is 29.2 Å². The van der Waals surface area contributed by atoms with E-state index in [0.717, 1.165) is 19.3 Å². The van der Waals surface area contributed by atoms with Gasteiger partial charge in [0.05, 0.1) is 10.5 Å². The molecule has 5 rings (SSSR count). The van der Waals surface area contributed by atoms with Gasteiger partial charge in [-0.1, -0.05) is 32.4 Å². The largest absolute Gasteiger partial charge is 0.478 e. The molecule has 1 aromatic rings. The second-order valence-electron chi connectivity index (χ2n) is 11.4.